The average Bonchev–Trinajstić information content (AvgIpc) is 2.78. The van der Waals surface area contributed by atoms with Crippen LogP contribution in [0.1, 0.15) is 24.5 Å². The fourth-order valence-corrected chi connectivity index (χ4v) is 1.34. The van der Waals surface area contributed by atoms with Crippen LogP contribution < -0.4 is 5.32 Å². The fraction of sp³-hybridized carbons (Fsp3) is 0.250. The molecule has 5 heteroatoms. The highest BCUT2D eigenvalue weighted by atomic mass is 16.5. The molecule has 0 bridgehead atoms. The summed E-state index contributed by atoms with van der Waals surface area (Å²) in [6, 6.07) is 9.40. The van der Waals surface area contributed by atoms with Crippen molar-refractivity contribution in [1.29, 1.82) is 0 Å². The zero-order chi connectivity index (χ0) is 12.3. The molecule has 1 heterocycles. The molecule has 0 aliphatic rings. The van der Waals surface area contributed by atoms with Gasteiger partial charge in [0.15, 0.2) is 0 Å². The summed E-state index contributed by atoms with van der Waals surface area (Å²) < 4.78 is 4.91. The van der Waals surface area contributed by atoms with Gasteiger partial charge in [-0.05, 0) is 13.8 Å². The van der Waals surface area contributed by atoms with Crippen molar-refractivity contribution in [2.75, 3.05) is 0 Å². The standard InChI is InChI=1S/C12H13N3O2/c1-8(2)13-11(16)12-14-10(15-17-12)9-6-4-3-5-7-9/h3-8H,1-2H3,(H,13,16). The molecule has 0 fully saturated rings. The number of benzene rings is 1. The summed E-state index contributed by atoms with van der Waals surface area (Å²) in [6.07, 6.45) is 0. The Labute approximate surface area is 98.8 Å². The van der Waals surface area contributed by atoms with Gasteiger partial charge in [-0.2, -0.15) is 4.98 Å². The van der Waals surface area contributed by atoms with Gasteiger partial charge in [-0.25, -0.2) is 0 Å². The Bertz CT molecular complexity index is 505. The lowest BCUT2D eigenvalue weighted by molar-refractivity contribution is 0.0899. The van der Waals surface area contributed by atoms with Crippen LogP contribution in [-0.4, -0.2) is 22.1 Å². The zero-order valence-electron chi connectivity index (χ0n) is 9.68. The SMILES string of the molecule is CC(C)NC(=O)c1nc(-c2ccccc2)no1. The van der Waals surface area contributed by atoms with E-state index in [4.69, 9.17) is 4.52 Å². The maximum absolute atomic E-state index is 11.6. The second-order valence-corrected chi connectivity index (χ2v) is 3.92. The summed E-state index contributed by atoms with van der Waals surface area (Å²) in [7, 11) is 0. The third kappa shape index (κ3) is 2.69. The summed E-state index contributed by atoms with van der Waals surface area (Å²) in [4.78, 5) is 15.6. The summed E-state index contributed by atoms with van der Waals surface area (Å²) in [5.74, 6) is 0.0479. The zero-order valence-corrected chi connectivity index (χ0v) is 9.68. The minimum absolute atomic E-state index is 0.0162. The van der Waals surface area contributed by atoms with Gasteiger partial charge in [0.2, 0.25) is 5.82 Å². The van der Waals surface area contributed by atoms with Crippen LogP contribution in [-0.2, 0) is 0 Å². The van der Waals surface area contributed by atoms with Gasteiger partial charge in [0.05, 0.1) is 0 Å². The van der Waals surface area contributed by atoms with E-state index in [1.54, 1.807) is 0 Å². The molecule has 2 rings (SSSR count). The van der Waals surface area contributed by atoms with Crippen molar-refractivity contribution in [3.63, 3.8) is 0 Å². The molecule has 88 valence electrons. The Morgan fingerprint density at radius 1 is 1.29 bits per heavy atom. The minimum atomic E-state index is -0.352. The third-order valence-corrected chi connectivity index (χ3v) is 2.07. The van der Waals surface area contributed by atoms with Crippen LogP contribution in [0.15, 0.2) is 34.9 Å². The van der Waals surface area contributed by atoms with Crippen molar-refractivity contribution >= 4 is 5.91 Å². The summed E-state index contributed by atoms with van der Waals surface area (Å²) in [6.45, 7) is 3.73. The predicted octanol–water partition coefficient (Wildman–Crippen LogP) is 1.87. The van der Waals surface area contributed by atoms with E-state index in [0.717, 1.165) is 5.56 Å². The van der Waals surface area contributed by atoms with Gasteiger partial charge in [-0.3, -0.25) is 4.79 Å². The molecule has 0 radical (unpaired) electrons. The summed E-state index contributed by atoms with van der Waals surface area (Å²) in [5, 5.41) is 6.46. The van der Waals surface area contributed by atoms with Crippen LogP contribution in [0.3, 0.4) is 0 Å². The van der Waals surface area contributed by atoms with E-state index in [-0.39, 0.29) is 17.8 Å². The van der Waals surface area contributed by atoms with E-state index in [1.807, 2.05) is 44.2 Å². The maximum Gasteiger partial charge on any atom is 0.316 e. The number of rotatable bonds is 3. The van der Waals surface area contributed by atoms with E-state index in [9.17, 15) is 4.79 Å². The largest absolute Gasteiger partial charge is 0.346 e. The Hall–Kier alpha value is -2.17. The van der Waals surface area contributed by atoms with Crippen molar-refractivity contribution in [3.8, 4) is 11.4 Å². The number of nitrogens with zero attached hydrogens (tertiary/aromatic N) is 2. The maximum atomic E-state index is 11.6. The molecule has 1 aromatic carbocycles. The quantitative estimate of drug-likeness (QED) is 0.875. The van der Waals surface area contributed by atoms with Crippen LogP contribution in [0.25, 0.3) is 11.4 Å². The Morgan fingerprint density at radius 3 is 2.65 bits per heavy atom. The van der Waals surface area contributed by atoms with Gasteiger partial charge in [0.25, 0.3) is 0 Å². The van der Waals surface area contributed by atoms with Gasteiger partial charge in [0.1, 0.15) is 0 Å². The third-order valence-electron chi connectivity index (χ3n) is 2.07. The molecule has 2 aromatic rings. The van der Waals surface area contributed by atoms with Gasteiger partial charge < -0.3 is 9.84 Å². The molecule has 0 atom stereocenters. The molecule has 5 nitrogen and oxygen atoms in total. The molecule has 0 unspecified atom stereocenters. The lowest BCUT2D eigenvalue weighted by Gasteiger charge is -2.03. The minimum Gasteiger partial charge on any atom is -0.346 e. The topological polar surface area (TPSA) is 68.0 Å². The molecular formula is C12H13N3O2. The average molecular weight is 231 g/mol. The van der Waals surface area contributed by atoms with Crippen LogP contribution in [0.4, 0.5) is 0 Å². The number of hydrogen-bond donors (Lipinski definition) is 1. The van der Waals surface area contributed by atoms with Gasteiger partial charge >= 0.3 is 11.8 Å². The fourth-order valence-electron chi connectivity index (χ4n) is 1.34. The first kappa shape index (κ1) is 11.3. The number of carbonyl (C=O) groups is 1. The second kappa shape index (κ2) is 4.78. The first-order valence-electron chi connectivity index (χ1n) is 5.37. The first-order chi connectivity index (χ1) is 8.16. The van der Waals surface area contributed by atoms with Gasteiger partial charge in [0, 0.05) is 11.6 Å². The van der Waals surface area contributed by atoms with Crippen LogP contribution in [0.5, 0.6) is 0 Å². The van der Waals surface area contributed by atoms with E-state index in [1.165, 1.54) is 0 Å². The molecule has 0 aliphatic carbocycles. The van der Waals surface area contributed by atoms with E-state index in [0.29, 0.717) is 5.82 Å². The number of hydrogen-bond acceptors (Lipinski definition) is 4. The lowest BCUT2D eigenvalue weighted by atomic mass is 10.2. The molecule has 1 aromatic heterocycles. The highest BCUT2D eigenvalue weighted by Crippen LogP contribution is 2.14. The Kier molecular flexibility index (Phi) is 3.18. The van der Waals surface area contributed by atoms with Crippen LogP contribution >= 0.6 is 0 Å². The van der Waals surface area contributed by atoms with E-state index in [2.05, 4.69) is 15.5 Å². The number of carbonyl (C=O) groups excluding carboxylic acids is 1. The smallest absolute Gasteiger partial charge is 0.316 e. The first-order valence-corrected chi connectivity index (χ1v) is 5.37. The van der Waals surface area contributed by atoms with Crippen LogP contribution in [0, 0.1) is 0 Å². The molecule has 1 amide bonds. The van der Waals surface area contributed by atoms with Crippen molar-refractivity contribution < 1.29 is 9.32 Å². The highest BCUT2D eigenvalue weighted by Gasteiger charge is 2.16. The van der Waals surface area contributed by atoms with Crippen molar-refractivity contribution in [3.05, 3.63) is 36.2 Å². The molecule has 0 spiro atoms. The molecule has 0 saturated carbocycles. The second-order valence-electron chi connectivity index (χ2n) is 3.92. The van der Waals surface area contributed by atoms with E-state index >= 15 is 0 Å². The monoisotopic (exact) mass is 231 g/mol. The van der Waals surface area contributed by atoms with E-state index < -0.39 is 0 Å². The van der Waals surface area contributed by atoms with Crippen molar-refractivity contribution in [2.45, 2.75) is 19.9 Å². The number of nitrogens with one attached hydrogen (secondary N) is 1. The molecule has 0 aliphatic heterocycles. The molecule has 0 saturated heterocycles. The summed E-state index contributed by atoms with van der Waals surface area (Å²) >= 11 is 0. The van der Waals surface area contributed by atoms with Crippen molar-refractivity contribution in [1.82, 2.24) is 15.5 Å². The predicted molar refractivity (Wildman–Crippen MR) is 62.3 cm³/mol. The normalized spacial score (nSPS) is 10.5. The van der Waals surface area contributed by atoms with Crippen molar-refractivity contribution in [2.24, 2.45) is 0 Å². The number of amides is 1. The molecule has 1 N–H and O–H groups in total. The molecule has 17 heavy (non-hydrogen) atoms. The lowest BCUT2D eigenvalue weighted by Crippen LogP contribution is -2.30. The Balaban J connectivity index is 2.19. The number of aromatic nitrogens is 2. The Morgan fingerprint density at radius 2 is 2.00 bits per heavy atom. The van der Waals surface area contributed by atoms with Gasteiger partial charge in [-0.15, -0.1) is 0 Å². The molecular weight excluding hydrogens is 218 g/mol. The van der Waals surface area contributed by atoms with Gasteiger partial charge in [-0.1, -0.05) is 35.5 Å². The van der Waals surface area contributed by atoms with Crippen LogP contribution in [0.2, 0.25) is 0 Å². The summed E-state index contributed by atoms with van der Waals surface area (Å²) in [5.41, 5.74) is 0.819. The highest BCUT2D eigenvalue weighted by molar-refractivity contribution is 5.90.